The number of methoxy groups -OCH3 is 1. The summed E-state index contributed by atoms with van der Waals surface area (Å²) in [6.07, 6.45) is 1.70. The van der Waals surface area contributed by atoms with E-state index in [1.807, 2.05) is 79.7 Å². The maximum absolute atomic E-state index is 12.6. The van der Waals surface area contributed by atoms with Crippen molar-refractivity contribution < 1.29 is 9.53 Å². The molecule has 2 amide bonds. The normalized spacial score (nSPS) is 10.8. The molecule has 0 unspecified atom stereocenters. The Labute approximate surface area is 195 Å². The number of aryl methyl sites for hydroxylation is 1. The second kappa shape index (κ2) is 8.99. The summed E-state index contributed by atoms with van der Waals surface area (Å²) in [5.41, 5.74) is 5.06. The van der Waals surface area contributed by atoms with Crippen LogP contribution in [0.4, 0.5) is 16.2 Å². The van der Waals surface area contributed by atoms with E-state index in [4.69, 9.17) is 9.84 Å². The molecule has 0 atom stereocenters. The Morgan fingerprint density at radius 3 is 2.65 bits per heavy atom. The van der Waals surface area contributed by atoms with Crippen LogP contribution in [0.2, 0.25) is 0 Å². The monoisotopic (exact) mass is 451 g/mol. The Morgan fingerprint density at radius 1 is 0.912 bits per heavy atom. The van der Waals surface area contributed by atoms with Gasteiger partial charge in [0.2, 0.25) is 5.82 Å². The molecule has 0 saturated heterocycles. The van der Waals surface area contributed by atoms with Crippen molar-refractivity contribution in [3.05, 3.63) is 84.6 Å². The molecule has 9 heteroatoms. The van der Waals surface area contributed by atoms with Gasteiger partial charge >= 0.3 is 6.03 Å². The number of carbonyl (C=O) groups is 1. The molecule has 0 radical (unpaired) electrons. The second-order valence-corrected chi connectivity index (χ2v) is 7.59. The molecule has 5 rings (SSSR count). The third kappa shape index (κ3) is 4.26. The molecule has 0 aliphatic rings. The third-order valence-corrected chi connectivity index (χ3v) is 5.18. The predicted molar refractivity (Wildman–Crippen MR) is 130 cm³/mol. The molecule has 5 aromatic rings. The van der Waals surface area contributed by atoms with Crippen molar-refractivity contribution in [1.29, 1.82) is 0 Å². The van der Waals surface area contributed by atoms with Gasteiger partial charge in [-0.3, -0.25) is 4.98 Å². The van der Waals surface area contributed by atoms with E-state index >= 15 is 0 Å². The molecule has 3 aromatic heterocycles. The first-order valence-electron chi connectivity index (χ1n) is 10.6. The minimum absolute atomic E-state index is 0.374. The molecule has 9 nitrogen and oxygen atoms in total. The maximum Gasteiger partial charge on any atom is 0.323 e. The van der Waals surface area contributed by atoms with Gasteiger partial charge in [0, 0.05) is 17.4 Å². The Hall–Kier alpha value is -4.79. The Kier molecular flexibility index (Phi) is 5.57. The second-order valence-electron chi connectivity index (χ2n) is 7.59. The van der Waals surface area contributed by atoms with Crippen molar-refractivity contribution in [2.24, 2.45) is 0 Å². The van der Waals surface area contributed by atoms with Crippen LogP contribution in [0.5, 0.6) is 5.75 Å². The van der Waals surface area contributed by atoms with E-state index in [0.29, 0.717) is 40.0 Å². The fraction of sp³-hybridized carbons (Fsp3) is 0.0800. The minimum atomic E-state index is -0.374. The lowest BCUT2D eigenvalue weighted by Crippen LogP contribution is -2.19. The molecule has 0 bridgehead atoms. The average molecular weight is 451 g/mol. The lowest BCUT2D eigenvalue weighted by atomic mass is 10.1. The molecule has 2 N–H and O–H groups in total. The number of hydrogen-bond donors (Lipinski definition) is 2. The summed E-state index contributed by atoms with van der Waals surface area (Å²) in [5, 5.41) is 18.8. The number of carbonyl (C=O) groups excluding carboxylic acids is 1. The first-order valence-corrected chi connectivity index (χ1v) is 10.6. The summed E-state index contributed by atoms with van der Waals surface area (Å²) in [7, 11) is 1.57. The van der Waals surface area contributed by atoms with Crippen molar-refractivity contribution in [1.82, 2.24) is 24.8 Å². The van der Waals surface area contributed by atoms with Gasteiger partial charge in [-0.25, -0.2) is 4.79 Å². The molecular formula is C25H21N7O2. The Bertz CT molecular complexity index is 1480. The summed E-state index contributed by atoms with van der Waals surface area (Å²) < 4.78 is 6.99. The van der Waals surface area contributed by atoms with Crippen LogP contribution in [0.15, 0.2) is 79.0 Å². The number of ether oxygens (including phenoxy) is 1. The predicted octanol–water partition coefficient (Wildman–Crippen LogP) is 4.81. The van der Waals surface area contributed by atoms with E-state index in [2.05, 4.69) is 25.8 Å². The molecule has 0 spiro atoms. The fourth-order valence-corrected chi connectivity index (χ4v) is 3.56. The van der Waals surface area contributed by atoms with Gasteiger partial charge in [0.25, 0.3) is 0 Å². The van der Waals surface area contributed by atoms with E-state index in [1.165, 1.54) is 0 Å². The van der Waals surface area contributed by atoms with Crippen LogP contribution in [0.3, 0.4) is 0 Å². The van der Waals surface area contributed by atoms with Crippen molar-refractivity contribution in [3.8, 4) is 28.5 Å². The van der Waals surface area contributed by atoms with Gasteiger partial charge in [0.05, 0.1) is 18.5 Å². The van der Waals surface area contributed by atoms with Crippen LogP contribution >= 0.6 is 0 Å². The standard InChI is InChI=1S/C25H21N7O2/c1-16-9-11-22(34-2)21(14-16)28-25(33)27-18-7-5-6-17(15-18)19-10-12-23-29-30-24(32(23)31-19)20-8-3-4-13-26-20/h3-15H,1-2H3,(H2,27,28,33). The van der Waals surface area contributed by atoms with E-state index in [1.54, 1.807) is 17.8 Å². The fourth-order valence-electron chi connectivity index (χ4n) is 3.56. The summed E-state index contributed by atoms with van der Waals surface area (Å²) in [4.78, 5) is 17.0. The van der Waals surface area contributed by atoms with Crippen molar-refractivity contribution >= 4 is 23.1 Å². The van der Waals surface area contributed by atoms with Crippen LogP contribution in [0.1, 0.15) is 5.56 Å². The molecule has 3 heterocycles. The quantitative estimate of drug-likeness (QED) is 0.397. The van der Waals surface area contributed by atoms with Crippen molar-refractivity contribution in [2.75, 3.05) is 17.7 Å². The number of anilines is 2. The summed E-state index contributed by atoms with van der Waals surface area (Å²) >= 11 is 0. The van der Waals surface area contributed by atoms with Crippen LogP contribution in [0, 0.1) is 6.92 Å². The van der Waals surface area contributed by atoms with E-state index in [0.717, 1.165) is 11.1 Å². The van der Waals surface area contributed by atoms with Gasteiger partial charge in [0.1, 0.15) is 11.4 Å². The third-order valence-electron chi connectivity index (χ3n) is 5.18. The average Bonchev–Trinajstić information content (AvgIpc) is 3.28. The lowest BCUT2D eigenvalue weighted by Gasteiger charge is -2.12. The van der Waals surface area contributed by atoms with Gasteiger partial charge in [0.15, 0.2) is 5.65 Å². The van der Waals surface area contributed by atoms with Crippen molar-refractivity contribution in [3.63, 3.8) is 0 Å². The number of rotatable bonds is 5. The Balaban J connectivity index is 1.40. The minimum Gasteiger partial charge on any atom is -0.495 e. The van der Waals surface area contributed by atoms with Gasteiger partial charge in [-0.15, -0.1) is 10.2 Å². The number of nitrogens with zero attached hydrogens (tertiary/aromatic N) is 5. The number of fused-ring (bicyclic) bond motifs is 1. The first kappa shape index (κ1) is 21.1. The van der Waals surface area contributed by atoms with Gasteiger partial charge in [-0.2, -0.15) is 9.61 Å². The van der Waals surface area contributed by atoms with Crippen LogP contribution < -0.4 is 15.4 Å². The molecule has 0 saturated carbocycles. The van der Waals surface area contributed by atoms with E-state index in [-0.39, 0.29) is 6.03 Å². The first-order chi connectivity index (χ1) is 16.6. The molecule has 168 valence electrons. The lowest BCUT2D eigenvalue weighted by molar-refractivity contribution is 0.262. The van der Waals surface area contributed by atoms with E-state index < -0.39 is 0 Å². The number of hydrogen-bond acceptors (Lipinski definition) is 6. The number of urea groups is 1. The highest BCUT2D eigenvalue weighted by molar-refractivity contribution is 6.01. The highest BCUT2D eigenvalue weighted by Crippen LogP contribution is 2.26. The smallest absolute Gasteiger partial charge is 0.323 e. The number of amides is 2. The van der Waals surface area contributed by atoms with E-state index in [9.17, 15) is 4.79 Å². The van der Waals surface area contributed by atoms with Crippen molar-refractivity contribution in [2.45, 2.75) is 6.92 Å². The summed E-state index contributed by atoms with van der Waals surface area (Å²) in [6, 6.07) is 22.0. The molecule has 2 aromatic carbocycles. The number of pyridine rings is 1. The zero-order valence-electron chi connectivity index (χ0n) is 18.6. The largest absolute Gasteiger partial charge is 0.495 e. The zero-order valence-corrected chi connectivity index (χ0v) is 18.6. The number of nitrogens with one attached hydrogen (secondary N) is 2. The zero-order chi connectivity index (χ0) is 23.5. The molecule has 0 aliphatic carbocycles. The number of aromatic nitrogens is 5. The van der Waals surface area contributed by atoms with Crippen LogP contribution in [-0.4, -0.2) is 37.9 Å². The maximum atomic E-state index is 12.6. The van der Waals surface area contributed by atoms with Crippen LogP contribution in [0.25, 0.3) is 28.4 Å². The molecule has 0 aliphatic heterocycles. The molecular weight excluding hydrogens is 430 g/mol. The number of benzene rings is 2. The highest BCUT2D eigenvalue weighted by atomic mass is 16.5. The summed E-state index contributed by atoms with van der Waals surface area (Å²) in [6.45, 7) is 1.95. The van der Waals surface area contributed by atoms with Gasteiger partial charge < -0.3 is 15.4 Å². The summed E-state index contributed by atoms with van der Waals surface area (Å²) in [5.74, 6) is 1.14. The Morgan fingerprint density at radius 2 is 1.82 bits per heavy atom. The molecule has 0 fully saturated rings. The molecule has 34 heavy (non-hydrogen) atoms. The topological polar surface area (TPSA) is 106 Å². The van der Waals surface area contributed by atoms with Crippen LogP contribution in [-0.2, 0) is 0 Å². The SMILES string of the molecule is COc1ccc(C)cc1NC(=O)Nc1cccc(-c2ccc3nnc(-c4ccccn4)n3n2)c1. The highest BCUT2D eigenvalue weighted by Gasteiger charge is 2.13. The van der Waals surface area contributed by atoms with Gasteiger partial charge in [-0.05, 0) is 61.0 Å². The van der Waals surface area contributed by atoms with Gasteiger partial charge in [-0.1, -0.05) is 24.3 Å².